The third-order valence-corrected chi connectivity index (χ3v) is 11.8. The first-order chi connectivity index (χ1) is 22.9. The summed E-state index contributed by atoms with van der Waals surface area (Å²) in [6.07, 6.45) is 11.5. The molecule has 8 rings (SSSR count). The summed E-state index contributed by atoms with van der Waals surface area (Å²) in [7, 11) is 0. The third kappa shape index (κ3) is 5.00. The molecule has 2 heterocycles. The van der Waals surface area contributed by atoms with E-state index < -0.39 is 11.9 Å². The normalized spacial score (nSPS) is 19.4. The first-order valence-electron chi connectivity index (χ1n) is 17.3. The molecule has 0 amide bonds. The van der Waals surface area contributed by atoms with Crippen molar-refractivity contribution in [2.24, 2.45) is 0 Å². The zero-order chi connectivity index (χ0) is 32.2. The van der Waals surface area contributed by atoms with Crippen LogP contribution < -0.4 is 9.80 Å². The Morgan fingerprint density at radius 2 is 0.851 bits per heavy atom. The molecule has 6 heteroatoms. The van der Waals surface area contributed by atoms with E-state index in [1.807, 2.05) is 24.3 Å². The Morgan fingerprint density at radius 1 is 0.489 bits per heavy atom. The van der Waals surface area contributed by atoms with Gasteiger partial charge in [-0.3, -0.25) is 0 Å². The fourth-order valence-corrected chi connectivity index (χ4v) is 9.34. The molecule has 6 nitrogen and oxygen atoms in total. The van der Waals surface area contributed by atoms with E-state index in [1.54, 1.807) is 24.3 Å². The lowest BCUT2D eigenvalue weighted by Gasteiger charge is -2.46. The van der Waals surface area contributed by atoms with Crippen molar-refractivity contribution >= 4 is 23.3 Å². The number of fused-ring (bicyclic) bond motifs is 6. The number of nitrogens with zero attached hydrogens (tertiary/aromatic N) is 2. The summed E-state index contributed by atoms with van der Waals surface area (Å²) in [6.45, 7) is 2.60. The van der Waals surface area contributed by atoms with Gasteiger partial charge in [-0.25, -0.2) is 9.59 Å². The predicted octanol–water partition coefficient (Wildman–Crippen LogP) is 8.88. The van der Waals surface area contributed by atoms with E-state index in [0.717, 1.165) is 45.4 Å². The van der Waals surface area contributed by atoms with Crippen LogP contribution in [0.2, 0.25) is 0 Å². The standard InChI is InChI=1S/C41H42N2O4/c44-38(45)28-7-11-32(12-8-28)40(19-3-1-4-20-40)34-15-17-36-30(23-34)25-42-27-43(36)26-31-24-35(16-18-37(31)42)41(21-5-2-6-22-41)33-13-9-29(10-14-33)39(46)47/h7-18,23-24H,1-6,19-22,25-27H2,(H,44,45)(H,46,47). The van der Waals surface area contributed by atoms with Crippen LogP contribution in [-0.2, 0) is 23.9 Å². The minimum absolute atomic E-state index is 0.0919. The van der Waals surface area contributed by atoms with Crippen LogP contribution in [0.5, 0.6) is 0 Å². The quantitative estimate of drug-likeness (QED) is 0.223. The van der Waals surface area contributed by atoms with Gasteiger partial charge in [0.1, 0.15) is 0 Å². The molecule has 47 heavy (non-hydrogen) atoms. The molecule has 0 spiro atoms. The summed E-state index contributed by atoms with van der Waals surface area (Å²) in [4.78, 5) is 28.2. The van der Waals surface area contributed by atoms with Gasteiger partial charge in [0.05, 0.1) is 17.8 Å². The van der Waals surface area contributed by atoms with Crippen LogP contribution in [0.25, 0.3) is 0 Å². The SMILES string of the molecule is O=C(O)c1ccc(C2(c3ccc4c(c3)CN3CN4Cc4cc(C5(c6ccc(C(=O)O)cc6)CCCCC5)ccc43)CCCCC2)cc1. The van der Waals surface area contributed by atoms with E-state index in [2.05, 4.69) is 46.2 Å². The van der Waals surface area contributed by atoms with Crippen molar-refractivity contribution in [1.29, 1.82) is 0 Å². The topological polar surface area (TPSA) is 81.1 Å². The monoisotopic (exact) mass is 626 g/mol. The zero-order valence-corrected chi connectivity index (χ0v) is 26.9. The zero-order valence-electron chi connectivity index (χ0n) is 26.9. The van der Waals surface area contributed by atoms with Crippen molar-refractivity contribution in [3.63, 3.8) is 0 Å². The second kappa shape index (κ2) is 11.6. The molecule has 4 aromatic carbocycles. The number of hydrogen-bond acceptors (Lipinski definition) is 4. The molecular weight excluding hydrogens is 584 g/mol. The molecule has 2 fully saturated rings. The summed E-state index contributed by atoms with van der Waals surface area (Å²) in [6, 6.07) is 29.5. The Labute approximate surface area is 276 Å². The number of benzene rings is 4. The van der Waals surface area contributed by atoms with Gasteiger partial charge < -0.3 is 20.0 Å². The number of rotatable bonds is 6. The van der Waals surface area contributed by atoms with Gasteiger partial charge in [-0.2, -0.15) is 0 Å². The smallest absolute Gasteiger partial charge is 0.335 e. The second-order valence-electron chi connectivity index (χ2n) is 14.3. The van der Waals surface area contributed by atoms with Crippen LogP contribution in [0.3, 0.4) is 0 Å². The highest BCUT2D eigenvalue weighted by atomic mass is 16.4. The molecule has 0 atom stereocenters. The number of hydrogen-bond donors (Lipinski definition) is 2. The Hall–Kier alpha value is -4.58. The van der Waals surface area contributed by atoms with Gasteiger partial charge in [-0.05, 0) is 95.5 Å². The van der Waals surface area contributed by atoms with E-state index in [9.17, 15) is 19.8 Å². The average molecular weight is 627 g/mol. The van der Waals surface area contributed by atoms with Crippen molar-refractivity contribution in [2.45, 2.75) is 88.1 Å². The molecule has 240 valence electrons. The van der Waals surface area contributed by atoms with Crippen molar-refractivity contribution in [3.05, 3.63) is 129 Å². The maximum absolute atomic E-state index is 11.6. The summed E-state index contributed by atoms with van der Waals surface area (Å²) in [5, 5.41) is 19.0. The van der Waals surface area contributed by atoms with E-state index in [4.69, 9.17) is 0 Å². The lowest BCUT2D eigenvalue weighted by molar-refractivity contribution is 0.0686. The molecule has 0 aromatic heterocycles. The first kappa shape index (κ1) is 29.8. The minimum atomic E-state index is -0.881. The number of aromatic carboxylic acids is 2. The highest BCUT2D eigenvalue weighted by Gasteiger charge is 2.39. The lowest BCUT2D eigenvalue weighted by atomic mass is 9.65. The highest BCUT2D eigenvalue weighted by molar-refractivity contribution is 5.88. The van der Waals surface area contributed by atoms with Gasteiger partial charge in [0.25, 0.3) is 0 Å². The summed E-state index contributed by atoms with van der Waals surface area (Å²) >= 11 is 0. The number of carboxylic acid groups (broad SMARTS) is 2. The van der Waals surface area contributed by atoms with Gasteiger partial charge in [-0.15, -0.1) is 0 Å². The molecule has 4 aromatic rings. The van der Waals surface area contributed by atoms with Gasteiger partial charge in [0, 0.05) is 35.3 Å². The third-order valence-electron chi connectivity index (χ3n) is 11.8. The molecule has 0 saturated heterocycles. The van der Waals surface area contributed by atoms with E-state index in [1.165, 1.54) is 83.3 Å². The highest BCUT2D eigenvalue weighted by Crippen LogP contribution is 2.49. The van der Waals surface area contributed by atoms with Gasteiger partial charge in [-0.1, -0.05) is 87.1 Å². The first-order valence-corrected chi connectivity index (χ1v) is 17.3. The van der Waals surface area contributed by atoms with Crippen LogP contribution >= 0.6 is 0 Å². The largest absolute Gasteiger partial charge is 0.478 e. The van der Waals surface area contributed by atoms with Gasteiger partial charge >= 0.3 is 11.9 Å². The molecule has 0 unspecified atom stereocenters. The summed E-state index contributed by atoms with van der Waals surface area (Å²) in [5.74, 6) is -1.76. The van der Waals surface area contributed by atoms with Crippen molar-refractivity contribution in [3.8, 4) is 0 Å². The summed E-state index contributed by atoms with van der Waals surface area (Å²) < 4.78 is 0. The fourth-order valence-electron chi connectivity index (χ4n) is 9.34. The molecule has 2 aliphatic heterocycles. The van der Waals surface area contributed by atoms with Crippen molar-refractivity contribution < 1.29 is 19.8 Å². The van der Waals surface area contributed by atoms with Gasteiger partial charge in [0.15, 0.2) is 0 Å². The minimum Gasteiger partial charge on any atom is -0.478 e. The molecular formula is C41H42N2O4. The fraction of sp³-hybridized carbons (Fsp3) is 0.366. The van der Waals surface area contributed by atoms with E-state index in [0.29, 0.717) is 11.1 Å². The Morgan fingerprint density at radius 3 is 1.21 bits per heavy atom. The van der Waals surface area contributed by atoms with Crippen molar-refractivity contribution in [2.75, 3.05) is 16.5 Å². The lowest BCUT2D eigenvalue weighted by Crippen LogP contribution is -2.46. The van der Waals surface area contributed by atoms with Crippen molar-refractivity contribution in [1.82, 2.24) is 0 Å². The Balaban J connectivity index is 1.12. The average Bonchev–Trinajstić information content (AvgIpc) is 3.12. The molecule has 2 saturated carbocycles. The van der Waals surface area contributed by atoms with Crippen LogP contribution in [-0.4, -0.2) is 28.8 Å². The number of anilines is 2. The summed E-state index contributed by atoms with van der Waals surface area (Å²) in [5.41, 5.74) is 11.0. The predicted molar refractivity (Wildman–Crippen MR) is 185 cm³/mol. The Kier molecular flexibility index (Phi) is 7.35. The number of carboxylic acids is 2. The van der Waals surface area contributed by atoms with Crippen LogP contribution in [0.15, 0.2) is 84.9 Å². The van der Waals surface area contributed by atoms with Crippen LogP contribution in [0.4, 0.5) is 11.4 Å². The second-order valence-corrected chi connectivity index (χ2v) is 14.3. The maximum atomic E-state index is 11.6. The molecule has 2 bridgehead atoms. The van der Waals surface area contributed by atoms with Gasteiger partial charge in [0.2, 0.25) is 0 Å². The Bertz CT molecular complexity index is 1700. The maximum Gasteiger partial charge on any atom is 0.335 e. The molecule has 4 aliphatic rings. The molecule has 2 N–H and O–H groups in total. The molecule has 2 aliphatic carbocycles. The molecule has 0 radical (unpaired) electrons. The van der Waals surface area contributed by atoms with E-state index >= 15 is 0 Å². The van der Waals surface area contributed by atoms with Crippen LogP contribution in [0.1, 0.15) is 118 Å². The van der Waals surface area contributed by atoms with E-state index in [-0.39, 0.29) is 10.8 Å². The number of carbonyl (C=O) groups is 2. The van der Waals surface area contributed by atoms with Crippen LogP contribution in [0, 0.1) is 0 Å².